The summed E-state index contributed by atoms with van der Waals surface area (Å²) in [6.45, 7) is 0.743. The third-order valence-corrected chi connectivity index (χ3v) is 3.78. The minimum Gasteiger partial charge on any atom is -0.508 e. The first-order valence-corrected chi connectivity index (χ1v) is 8.52. The minimum absolute atomic E-state index is 0.138. The number of amides is 1. The number of ether oxygens (including phenoxy) is 2. The van der Waals surface area contributed by atoms with Crippen LogP contribution in [0.1, 0.15) is 10.4 Å². The summed E-state index contributed by atoms with van der Waals surface area (Å²) in [5.41, 5.74) is 0.995. The number of nitrogens with one attached hydrogen (secondary N) is 2. The number of phenolic OH excluding ortho intramolecular Hbond substituents is 1. The molecule has 0 radical (unpaired) electrons. The maximum Gasteiger partial charge on any atom is 0.261 e. The maximum atomic E-state index is 12.5. The average Bonchev–Trinajstić information content (AvgIpc) is 2.58. The van der Waals surface area contributed by atoms with Crippen LogP contribution in [0.25, 0.3) is 0 Å². The second-order valence-corrected chi connectivity index (χ2v) is 6.26. The lowest BCUT2D eigenvalue weighted by atomic mass is 10.2. The van der Waals surface area contributed by atoms with Crippen LogP contribution in [0.2, 0.25) is 0 Å². The zero-order chi connectivity index (χ0) is 18.2. The Bertz CT molecular complexity index is 753. The SMILES string of the molecule is COCCOc1ccc(Br)cc1C(=O)NC(=S)Nc1ccc(O)cc1. The second kappa shape index (κ2) is 9.36. The van der Waals surface area contributed by atoms with Gasteiger partial charge in [-0.05, 0) is 54.7 Å². The van der Waals surface area contributed by atoms with Crippen molar-refractivity contribution in [1.29, 1.82) is 0 Å². The van der Waals surface area contributed by atoms with Gasteiger partial charge in [-0.15, -0.1) is 0 Å². The number of rotatable bonds is 6. The quantitative estimate of drug-likeness (QED) is 0.375. The number of carbonyl (C=O) groups excluding carboxylic acids is 1. The van der Waals surface area contributed by atoms with Gasteiger partial charge in [-0.1, -0.05) is 15.9 Å². The van der Waals surface area contributed by atoms with E-state index in [0.717, 1.165) is 4.47 Å². The fraction of sp³-hybridized carbons (Fsp3) is 0.176. The van der Waals surface area contributed by atoms with Crippen molar-refractivity contribution in [2.75, 3.05) is 25.6 Å². The molecule has 25 heavy (non-hydrogen) atoms. The largest absolute Gasteiger partial charge is 0.508 e. The van der Waals surface area contributed by atoms with Crippen molar-refractivity contribution >= 4 is 44.9 Å². The number of anilines is 1. The van der Waals surface area contributed by atoms with Crippen LogP contribution >= 0.6 is 28.1 Å². The Morgan fingerprint density at radius 2 is 1.92 bits per heavy atom. The van der Waals surface area contributed by atoms with Gasteiger partial charge in [0.1, 0.15) is 18.1 Å². The summed E-state index contributed by atoms with van der Waals surface area (Å²) in [6, 6.07) is 11.5. The number of thiocarbonyl (C=S) groups is 1. The van der Waals surface area contributed by atoms with Gasteiger partial charge in [0.05, 0.1) is 12.2 Å². The predicted molar refractivity (Wildman–Crippen MR) is 103 cm³/mol. The lowest BCUT2D eigenvalue weighted by molar-refractivity contribution is 0.0969. The van der Waals surface area contributed by atoms with E-state index in [4.69, 9.17) is 21.7 Å². The van der Waals surface area contributed by atoms with Crippen LogP contribution in [0.5, 0.6) is 11.5 Å². The highest BCUT2D eigenvalue weighted by atomic mass is 79.9. The lowest BCUT2D eigenvalue weighted by Crippen LogP contribution is -2.34. The molecule has 8 heteroatoms. The molecule has 0 saturated heterocycles. The fourth-order valence-electron chi connectivity index (χ4n) is 1.92. The van der Waals surface area contributed by atoms with Crippen molar-refractivity contribution < 1.29 is 19.4 Å². The Morgan fingerprint density at radius 3 is 2.60 bits per heavy atom. The Balaban J connectivity index is 2.04. The van der Waals surface area contributed by atoms with Gasteiger partial charge < -0.3 is 19.9 Å². The van der Waals surface area contributed by atoms with E-state index in [1.807, 2.05) is 0 Å². The Morgan fingerprint density at radius 1 is 1.20 bits per heavy atom. The highest BCUT2D eigenvalue weighted by Gasteiger charge is 2.15. The summed E-state index contributed by atoms with van der Waals surface area (Å²) in [4.78, 5) is 12.5. The number of aromatic hydroxyl groups is 1. The van der Waals surface area contributed by atoms with Crippen LogP contribution in [0.4, 0.5) is 5.69 Å². The van der Waals surface area contributed by atoms with Crippen LogP contribution in [-0.2, 0) is 4.74 Å². The van der Waals surface area contributed by atoms with Gasteiger partial charge in [-0.2, -0.15) is 0 Å². The van der Waals surface area contributed by atoms with Gasteiger partial charge in [-0.3, -0.25) is 10.1 Å². The number of hydrogen-bond acceptors (Lipinski definition) is 5. The molecule has 0 saturated carbocycles. The molecule has 0 atom stereocenters. The molecule has 0 unspecified atom stereocenters. The van der Waals surface area contributed by atoms with Crippen LogP contribution in [-0.4, -0.2) is 36.4 Å². The standard InChI is InChI=1S/C17H17BrN2O4S/c1-23-8-9-24-15-7-2-11(18)10-14(15)16(22)20-17(25)19-12-3-5-13(21)6-4-12/h2-7,10,21H,8-9H2,1H3,(H2,19,20,22,25). The van der Waals surface area contributed by atoms with Crippen molar-refractivity contribution in [3.05, 3.63) is 52.5 Å². The molecular weight excluding hydrogens is 408 g/mol. The summed E-state index contributed by atoms with van der Waals surface area (Å²) >= 11 is 8.49. The van der Waals surface area contributed by atoms with Gasteiger partial charge in [0, 0.05) is 17.3 Å². The predicted octanol–water partition coefficient (Wildman–Crippen LogP) is 3.31. The molecule has 0 aliphatic rings. The van der Waals surface area contributed by atoms with Gasteiger partial charge in [0.15, 0.2) is 5.11 Å². The number of methoxy groups -OCH3 is 1. The third-order valence-electron chi connectivity index (χ3n) is 3.08. The van der Waals surface area contributed by atoms with Crippen LogP contribution in [0.3, 0.4) is 0 Å². The first-order valence-electron chi connectivity index (χ1n) is 7.32. The maximum absolute atomic E-state index is 12.5. The van der Waals surface area contributed by atoms with E-state index in [-0.39, 0.29) is 10.9 Å². The first-order chi connectivity index (χ1) is 12.0. The third kappa shape index (κ3) is 6.00. The van der Waals surface area contributed by atoms with Crippen LogP contribution in [0.15, 0.2) is 46.9 Å². The van der Waals surface area contributed by atoms with Crippen LogP contribution < -0.4 is 15.4 Å². The first kappa shape index (κ1) is 19.2. The molecule has 0 fully saturated rings. The van der Waals surface area contributed by atoms with Crippen molar-refractivity contribution in [2.45, 2.75) is 0 Å². The van der Waals surface area contributed by atoms with Crippen LogP contribution in [0, 0.1) is 0 Å². The molecule has 0 bridgehead atoms. The smallest absolute Gasteiger partial charge is 0.261 e. The summed E-state index contributed by atoms with van der Waals surface area (Å²) in [5, 5.41) is 14.9. The van der Waals surface area contributed by atoms with Crippen molar-refractivity contribution in [3.8, 4) is 11.5 Å². The van der Waals surface area contributed by atoms with E-state index in [1.165, 1.54) is 12.1 Å². The molecule has 3 N–H and O–H groups in total. The Kier molecular flexibility index (Phi) is 7.17. The zero-order valence-electron chi connectivity index (χ0n) is 13.4. The van der Waals surface area contributed by atoms with E-state index in [1.54, 1.807) is 37.4 Å². The summed E-state index contributed by atoms with van der Waals surface area (Å²) in [5.74, 6) is 0.183. The highest BCUT2D eigenvalue weighted by Crippen LogP contribution is 2.23. The molecule has 132 valence electrons. The van der Waals surface area contributed by atoms with Crippen molar-refractivity contribution in [2.24, 2.45) is 0 Å². The van der Waals surface area contributed by atoms with Crippen molar-refractivity contribution in [1.82, 2.24) is 5.32 Å². The molecule has 0 aliphatic carbocycles. The molecule has 2 aromatic rings. The Hall–Kier alpha value is -2.16. The second-order valence-electron chi connectivity index (χ2n) is 4.94. The molecule has 6 nitrogen and oxygen atoms in total. The number of phenols is 1. The number of carbonyl (C=O) groups is 1. The monoisotopic (exact) mass is 424 g/mol. The van der Waals surface area contributed by atoms with Gasteiger partial charge in [0.2, 0.25) is 0 Å². The molecule has 2 rings (SSSR count). The molecule has 0 aliphatic heterocycles. The topological polar surface area (TPSA) is 79.8 Å². The van der Waals surface area contributed by atoms with E-state index >= 15 is 0 Å². The van der Waals surface area contributed by atoms with Gasteiger partial charge >= 0.3 is 0 Å². The summed E-state index contributed by atoms with van der Waals surface area (Å²) in [6.07, 6.45) is 0. The zero-order valence-corrected chi connectivity index (χ0v) is 15.8. The molecule has 1 amide bonds. The van der Waals surface area contributed by atoms with E-state index < -0.39 is 5.91 Å². The average molecular weight is 425 g/mol. The molecule has 0 spiro atoms. The summed E-state index contributed by atoms with van der Waals surface area (Å²) < 4.78 is 11.3. The molecule has 0 aromatic heterocycles. The van der Waals surface area contributed by atoms with Gasteiger partial charge in [0.25, 0.3) is 5.91 Å². The minimum atomic E-state index is -0.398. The number of halogens is 1. The van der Waals surface area contributed by atoms with Gasteiger partial charge in [-0.25, -0.2) is 0 Å². The fourth-order valence-corrected chi connectivity index (χ4v) is 2.49. The van der Waals surface area contributed by atoms with E-state index in [2.05, 4.69) is 26.6 Å². The van der Waals surface area contributed by atoms with E-state index in [9.17, 15) is 9.90 Å². The normalized spacial score (nSPS) is 10.2. The van der Waals surface area contributed by atoms with Crippen molar-refractivity contribution in [3.63, 3.8) is 0 Å². The number of benzene rings is 2. The molecule has 0 heterocycles. The number of hydrogen-bond donors (Lipinski definition) is 3. The Labute approximate surface area is 159 Å². The lowest BCUT2D eigenvalue weighted by Gasteiger charge is -2.13. The molecule has 2 aromatic carbocycles. The molecular formula is C17H17BrN2O4S. The summed E-state index contributed by atoms with van der Waals surface area (Å²) in [7, 11) is 1.58. The highest BCUT2D eigenvalue weighted by molar-refractivity contribution is 9.10. The van der Waals surface area contributed by atoms with E-state index in [0.29, 0.717) is 30.2 Å².